The van der Waals surface area contributed by atoms with Gasteiger partial charge in [-0.3, -0.25) is 0 Å². The van der Waals surface area contributed by atoms with Crippen LogP contribution in [-0.4, -0.2) is 27.2 Å². The summed E-state index contributed by atoms with van der Waals surface area (Å²) in [5, 5.41) is 6.43. The molecule has 0 saturated carbocycles. The Hall–Kier alpha value is -0.0800. The topological polar surface area (TPSA) is 24.1 Å². The standard InChI is InChI=1S/C10H24N2/c1-4-5-10(6-8-11-2)7-9-12-3/h10-12H,4-9H2,1-3H3. The Morgan fingerprint density at radius 1 is 0.917 bits per heavy atom. The van der Waals surface area contributed by atoms with E-state index in [1.807, 2.05) is 14.1 Å². The third-order valence-electron chi connectivity index (χ3n) is 2.30. The van der Waals surface area contributed by atoms with E-state index in [2.05, 4.69) is 17.6 Å². The molecule has 0 aliphatic carbocycles. The molecule has 0 rings (SSSR count). The first-order valence-corrected chi connectivity index (χ1v) is 5.14. The van der Waals surface area contributed by atoms with Crippen molar-refractivity contribution in [3.8, 4) is 0 Å². The maximum Gasteiger partial charge on any atom is -0.00493 e. The molecule has 0 spiro atoms. The summed E-state index contributed by atoms with van der Waals surface area (Å²) in [5.74, 6) is 0.912. The van der Waals surface area contributed by atoms with Crippen molar-refractivity contribution < 1.29 is 0 Å². The highest BCUT2D eigenvalue weighted by atomic mass is 14.8. The number of hydrogen-bond donors (Lipinski definition) is 2. The third kappa shape index (κ3) is 6.62. The fourth-order valence-corrected chi connectivity index (χ4v) is 1.54. The Kier molecular flexibility index (Phi) is 8.95. The van der Waals surface area contributed by atoms with E-state index in [4.69, 9.17) is 0 Å². The quantitative estimate of drug-likeness (QED) is 0.581. The lowest BCUT2D eigenvalue weighted by molar-refractivity contribution is 0.405. The zero-order valence-corrected chi connectivity index (χ0v) is 8.82. The molecule has 12 heavy (non-hydrogen) atoms. The van der Waals surface area contributed by atoms with Crippen LogP contribution in [0.4, 0.5) is 0 Å². The Bertz CT molecular complexity index is 75.9. The predicted molar refractivity (Wildman–Crippen MR) is 55.5 cm³/mol. The fraction of sp³-hybridized carbons (Fsp3) is 1.00. The van der Waals surface area contributed by atoms with Crippen LogP contribution in [0.15, 0.2) is 0 Å². The SMILES string of the molecule is CCCC(CCNC)CCNC. The van der Waals surface area contributed by atoms with Crippen molar-refractivity contribution in [1.82, 2.24) is 10.6 Å². The number of hydrogen-bond acceptors (Lipinski definition) is 2. The molecule has 0 saturated heterocycles. The molecule has 0 aromatic rings. The second-order valence-corrected chi connectivity index (χ2v) is 3.44. The molecule has 0 unspecified atom stereocenters. The van der Waals surface area contributed by atoms with Gasteiger partial charge >= 0.3 is 0 Å². The molecular weight excluding hydrogens is 148 g/mol. The van der Waals surface area contributed by atoms with Crippen LogP contribution in [0.2, 0.25) is 0 Å². The second kappa shape index (κ2) is 9.01. The summed E-state index contributed by atoms with van der Waals surface area (Å²) in [6.45, 7) is 4.59. The summed E-state index contributed by atoms with van der Waals surface area (Å²) in [5.41, 5.74) is 0. The van der Waals surface area contributed by atoms with Crippen molar-refractivity contribution >= 4 is 0 Å². The highest BCUT2D eigenvalue weighted by molar-refractivity contribution is 4.61. The Morgan fingerprint density at radius 3 is 1.75 bits per heavy atom. The van der Waals surface area contributed by atoms with Gasteiger partial charge in [-0.1, -0.05) is 19.8 Å². The van der Waals surface area contributed by atoms with Crippen LogP contribution in [0.3, 0.4) is 0 Å². The molecular formula is C10H24N2. The summed E-state index contributed by atoms with van der Waals surface area (Å²) < 4.78 is 0. The average molecular weight is 172 g/mol. The van der Waals surface area contributed by atoms with Gasteiger partial charge < -0.3 is 10.6 Å². The van der Waals surface area contributed by atoms with E-state index in [-0.39, 0.29) is 0 Å². The molecule has 0 radical (unpaired) electrons. The van der Waals surface area contributed by atoms with E-state index in [1.165, 1.54) is 25.7 Å². The summed E-state index contributed by atoms with van der Waals surface area (Å²) >= 11 is 0. The first kappa shape index (κ1) is 11.9. The van der Waals surface area contributed by atoms with Crippen LogP contribution < -0.4 is 10.6 Å². The summed E-state index contributed by atoms with van der Waals surface area (Å²) in [7, 11) is 4.06. The van der Waals surface area contributed by atoms with Crippen molar-refractivity contribution in [3.63, 3.8) is 0 Å². The lowest BCUT2D eigenvalue weighted by Gasteiger charge is -2.15. The van der Waals surface area contributed by atoms with Crippen molar-refractivity contribution in [2.45, 2.75) is 32.6 Å². The van der Waals surface area contributed by atoms with Crippen LogP contribution in [-0.2, 0) is 0 Å². The van der Waals surface area contributed by atoms with Crippen molar-refractivity contribution in [2.75, 3.05) is 27.2 Å². The molecule has 0 aliphatic heterocycles. The average Bonchev–Trinajstić information content (AvgIpc) is 2.10. The van der Waals surface area contributed by atoms with Crippen LogP contribution >= 0.6 is 0 Å². The molecule has 2 N–H and O–H groups in total. The van der Waals surface area contributed by atoms with E-state index in [0.29, 0.717) is 0 Å². The van der Waals surface area contributed by atoms with Crippen LogP contribution in [0.5, 0.6) is 0 Å². The maximum atomic E-state index is 3.21. The van der Waals surface area contributed by atoms with Crippen molar-refractivity contribution in [3.05, 3.63) is 0 Å². The first-order valence-electron chi connectivity index (χ1n) is 5.14. The minimum atomic E-state index is 0.912. The van der Waals surface area contributed by atoms with Gasteiger partial charge in [-0.05, 0) is 45.9 Å². The molecule has 0 heterocycles. The predicted octanol–water partition coefficient (Wildman–Crippen LogP) is 1.62. The van der Waals surface area contributed by atoms with Gasteiger partial charge in [0, 0.05) is 0 Å². The lowest BCUT2D eigenvalue weighted by atomic mass is 9.96. The summed E-state index contributed by atoms with van der Waals surface area (Å²) in [6.07, 6.45) is 5.35. The van der Waals surface area contributed by atoms with Crippen LogP contribution in [0, 0.1) is 5.92 Å². The molecule has 0 atom stereocenters. The summed E-state index contributed by atoms with van der Waals surface area (Å²) in [6, 6.07) is 0. The van der Waals surface area contributed by atoms with Gasteiger partial charge in [-0.2, -0.15) is 0 Å². The smallest absolute Gasteiger partial charge is 0.00493 e. The van der Waals surface area contributed by atoms with Gasteiger partial charge in [-0.15, -0.1) is 0 Å². The van der Waals surface area contributed by atoms with Gasteiger partial charge in [0.05, 0.1) is 0 Å². The molecule has 0 aliphatic rings. The third-order valence-corrected chi connectivity index (χ3v) is 2.30. The second-order valence-electron chi connectivity index (χ2n) is 3.44. The molecule has 2 heteroatoms. The minimum absolute atomic E-state index is 0.912. The number of rotatable bonds is 8. The van der Waals surface area contributed by atoms with Gasteiger partial charge in [0.1, 0.15) is 0 Å². The zero-order chi connectivity index (χ0) is 9.23. The molecule has 0 bridgehead atoms. The largest absolute Gasteiger partial charge is 0.320 e. The molecule has 2 nitrogen and oxygen atoms in total. The first-order chi connectivity index (χ1) is 5.85. The fourth-order valence-electron chi connectivity index (χ4n) is 1.54. The molecule has 0 aromatic carbocycles. The number of nitrogens with one attached hydrogen (secondary N) is 2. The Morgan fingerprint density at radius 2 is 1.42 bits per heavy atom. The van der Waals surface area contributed by atoms with Gasteiger partial charge in [0.25, 0.3) is 0 Å². The lowest BCUT2D eigenvalue weighted by Crippen LogP contribution is -2.17. The Labute approximate surface area is 77.1 Å². The highest BCUT2D eigenvalue weighted by Gasteiger charge is 2.05. The minimum Gasteiger partial charge on any atom is -0.320 e. The van der Waals surface area contributed by atoms with E-state index in [0.717, 1.165) is 19.0 Å². The van der Waals surface area contributed by atoms with Crippen molar-refractivity contribution in [1.29, 1.82) is 0 Å². The Balaban J connectivity index is 3.40. The monoisotopic (exact) mass is 172 g/mol. The maximum absolute atomic E-state index is 3.21. The van der Waals surface area contributed by atoms with E-state index in [9.17, 15) is 0 Å². The molecule has 74 valence electrons. The van der Waals surface area contributed by atoms with Crippen molar-refractivity contribution in [2.24, 2.45) is 5.92 Å². The normalized spacial score (nSPS) is 11.0. The van der Waals surface area contributed by atoms with E-state index >= 15 is 0 Å². The van der Waals surface area contributed by atoms with Crippen LogP contribution in [0.1, 0.15) is 32.6 Å². The summed E-state index contributed by atoms with van der Waals surface area (Å²) in [4.78, 5) is 0. The van der Waals surface area contributed by atoms with Gasteiger partial charge in [-0.25, -0.2) is 0 Å². The van der Waals surface area contributed by atoms with Gasteiger partial charge in [0.2, 0.25) is 0 Å². The molecule has 0 fully saturated rings. The van der Waals surface area contributed by atoms with Gasteiger partial charge in [0.15, 0.2) is 0 Å². The highest BCUT2D eigenvalue weighted by Crippen LogP contribution is 2.13. The van der Waals surface area contributed by atoms with E-state index in [1.54, 1.807) is 0 Å². The zero-order valence-electron chi connectivity index (χ0n) is 8.82. The molecule has 0 amide bonds. The molecule has 0 aromatic heterocycles. The van der Waals surface area contributed by atoms with E-state index < -0.39 is 0 Å². The van der Waals surface area contributed by atoms with Crippen LogP contribution in [0.25, 0.3) is 0 Å².